The lowest BCUT2D eigenvalue weighted by Crippen LogP contribution is -2.35. The van der Waals surface area contributed by atoms with Gasteiger partial charge < -0.3 is 19.8 Å². The van der Waals surface area contributed by atoms with Crippen LogP contribution in [-0.4, -0.2) is 65.6 Å². The van der Waals surface area contributed by atoms with Crippen LogP contribution in [0.25, 0.3) is 22.8 Å². The van der Waals surface area contributed by atoms with E-state index in [0.29, 0.717) is 17.9 Å². The first-order valence-electron chi connectivity index (χ1n) is 11.1. The van der Waals surface area contributed by atoms with Crippen LogP contribution in [0.1, 0.15) is 23.8 Å². The van der Waals surface area contributed by atoms with Gasteiger partial charge in [-0.2, -0.15) is 18.3 Å². The molecule has 1 aliphatic heterocycles. The monoisotopic (exact) mass is 514 g/mol. The molecular formula is C23H21F3N8O3. The second kappa shape index (κ2) is 8.96. The number of pyridine rings is 1. The fourth-order valence-corrected chi connectivity index (χ4v) is 4.04. The minimum absolute atomic E-state index is 0.00571. The molecular weight excluding hydrogens is 493 g/mol. The first-order valence-corrected chi connectivity index (χ1v) is 11.1. The van der Waals surface area contributed by atoms with Gasteiger partial charge in [0.1, 0.15) is 5.69 Å². The minimum Gasteiger partial charge on any atom is -0.373 e. The van der Waals surface area contributed by atoms with Gasteiger partial charge in [-0.25, -0.2) is 15.0 Å². The van der Waals surface area contributed by atoms with E-state index in [0.717, 1.165) is 6.20 Å². The van der Waals surface area contributed by atoms with Gasteiger partial charge in [0.05, 0.1) is 23.3 Å². The predicted octanol–water partition coefficient (Wildman–Crippen LogP) is 2.69. The van der Waals surface area contributed by atoms with Gasteiger partial charge >= 0.3 is 6.18 Å². The number of likely N-dealkylation sites (N-methyl/N-ethyl adjacent to an activating group) is 1. The van der Waals surface area contributed by atoms with E-state index in [4.69, 9.17) is 4.52 Å². The summed E-state index contributed by atoms with van der Waals surface area (Å²) in [6, 6.07) is 5.82. The molecule has 0 radical (unpaired) electrons. The summed E-state index contributed by atoms with van der Waals surface area (Å²) in [6.07, 6.45) is -0.745. The molecule has 1 saturated heterocycles. The van der Waals surface area contributed by atoms with Crippen molar-refractivity contribution in [2.24, 2.45) is 7.05 Å². The van der Waals surface area contributed by atoms with Gasteiger partial charge in [0.2, 0.25) is 11.5 Å². The van der Waals surface area contributed by atoms with Crippen molar-refractivity contribution in [3.8, 4) is 22.8 Å². The molecule has 0 spiro atoms. The first-order chi connectivity index (χ1) is 17.5. The molecule has 2 unspecified atom stereocenters. The molecule has 4 aromatic heterocycles. The van der Waals surface area contributed by atoms with Gasteiger partial charge in [-0.15, -0.1) is 0 Å². The Balaban J connectivity index is 1.41. The van der Waals surface area contributed by atoms with E-state index >= 15 is 0 Å². The molecule has 11 nitrogen and oxygen atoms in total. The third kappa shape index (κ3) is 4.62. The fourth-order valence-electron chi connectivity index (χ4n) is 4.04. The van der Waals surface area contributed by atoms with Crippen LogP contribution in [0.2, 0.25) is 0 Å². The van der Waals surface area contributed by atoms with Crippen LogP contribution < -0.4 is 5.32 Å². The van der Waals surface area contributed by atoms with Crippen LogP contribution in [0.15, 0.2) is 53.4 Å². The fraction of sp³-hybridized carbons (Fsp3) is 0.304. The third-order valence-corrected chi connectivity index (χ3v) is 6.02. The maximum atomic E-state index is 13.7. The summed E-state index contributed by atoms with van der Waals surface area (Å²) in [7, 11) is 3.11. The number of nitrogens with one attached hydrogen (secondary N) is 1. The second-order valence-electron chi connectivity index (χ2n) is 8.65. The molecule has 4 aromatic rings. The third-order valence-electron chi connectivity index (χ3n) is 6.02. The van der Waals surface area contributed by atoms with E-state index in [-0.39, 0.29) is 35.1 Å². The normalized spacial score (nSPS) is 18.9. The molecule has 5 heterocycles. The topological polar surface area (TPSA) is 135 Å². The number of nitrogens with zero attached hydrogens (tertiary/aromatic N) is 7. The highest BCUT2D eigenvalue weighted by Gasteiger charge is 2.48. The van der Waals surface area contributed by atoms with E-state index in [2.05, 4.69) is 30.5 Å². The smallest absolute Gasteiger partial charge is 0.373 e. The number of halogens is 3. The van der Waals surface area contributed by atoms with Crippen LogP contribution in [-0.2, 0) is 17.4 Å². The van der Waals surface area contributed by atoms with Gasteiger partial charge in [-0.3, -0.25) is 9.48 Å². The Morgan fingerprint density at radius 1 is 1.14 bits per heavy atom. The van der Waals surface area contributed by atoms with Crippen molar-refractivity contribution in [3.63, 3.8) is 0 Å². The van der Waals surface area contributed by atoms with Crippen molar-refractivity contribution in [1.82, 2.24) is 34.8 Å². The number of hydrogen-bond acceptors (Lipinski definition) is 9. The van der Waals surface area contributed by atoms with Gasteiger partial charge in [0.15, 0.2) is 11.8 Å². The van der Waals surface area contributed by atoms with Gasteiger partial charge in [-0.05, 0) is 18.2 Å². The highest BCUT2D eigenvalue weighted by atomic mass is 19.4. The highest BCUT2D eigenvalue weighted by Crippen LogP contribution is 2.36. The molecule has 2 N–H and O–H groups in total. The van der Waals surface area contributed by atoms with Crippen LogP contribution in [0.5, 0.6) is 0 Å². The number of amides is 1. The number of anilines is 1. The molecule has 1 aliphatic rings. The van der Waals surface area contributed by atoms with Crippen LogP contribution >= 0.6 is 0 Å². The zero-order valence-electron chi connectivity index (χ0n) is 19.6. The minimum atomic E-state index is -4.62. The molecule has 1 fully saturated rings. The average molecular weight is 514 g/mol. The molecule has 2 atom stereocenters. The molecule has 192 valence electrons. The van der Waals surface area contributed by atoms with Crippen molar-refractivity contribution in [3.05, 3.63) is 60.2 Å². The first kappa shape index (κ1) is 24.4. The van der Waals surface area contributed by atoms with Crippen molar-refractivity contribution in [2.45, 2.75) is 24.2 Å². The maximum absolute atomic E-state index is 13.7. The van der Waals surface area contributed by atoms with Crippen LogP contribution in [0, 0.1) is 0 Å². The largest absolute Gasteiger partial charge is 0.412 e. The van der Waals surface area contributed by atoms with Gasteiger partial charge in [-0.1, -0.05) is 11.2 Å². The van der Waals surface area contributed by atoms with Crippen molar-refractivity contribution >= 4 is 11.9 Å². The Hall–Kier alpha value is -4.33. The van der Waals surface area contributed by atoms with E-state index in [1.807, 2.05) is 0 Å². The number of aliphatic hydroxyl groups is 1. The van der Waals surface area contributed by atoms with Crippen molar-refractivity contribution in [2.75, 3.05) is 18.9 Å². The van der Waals surface area contributed by atoms with E-state index < -0.39 is 23.7 Å². The molecule has 0 aromatic carbocycles. The number of rotatable bonds is 6. The molecule has 1 amide bonds. The Morgan fingerprint density at radius 3 is 2.51 bits per heavy atom. The zero-order valence-corrected chi connectivity index (χ0v) is 19.6. The Kier molecular flexibility index (Phi) is 5.90. The number of aryl methyl sites for hydroxylation is 1. The Bertz CT molecular complexity index is 1450. The van der Waals surface area contributed by atoms with Crippen LogP contribution in [0.3, 0.4) is 0 Å². The lowest BCUT2D eigenvalue weighted by molar-refractivity contribution is -0.145. The highest BCUT2D eigenvalue weighted by molar-refractivity contribution is 5.87. The molecule has 0 saturated carbocycles. The van der Waals surface area contributed by atoms with Crippen molar-refractivity contribution < 1.29 is 27.6 Å². The second-order valence-corrected chi connectivity index (χ2v) is 8.65. The summed E-state index contributed by atoms with van der Waals surface area (Å²) < 4.78 is 47.7. The summed E-state index contributed by atoms with van der Waals surface area (Å²) in [5, 5.41) is 20.9. The van der Waals surface area contributed by atoms with E-state index in [9.17, 15) is 23.1 Å². The Labute approximate surface area is 208 Å². The number of aromatic nitrogens is 6. The van der Waals surface area contributed by atoms with Crippen molar-refractivity contribution in [1.29, 1.82) is 0 Å². The lowest BCUT2D eigenvalue weighted by Gasteiger charge is -2.20. The summed E-state index contributed by atoms with van der Waals surface area (Å²) in [5.41, 5.74) is -0.650. The molecule has 0 aliphatic carbocycles. The summed E-state index contributed by atoms with van der Waals surface area (Å²) in [4.78, 5) is 26.4. The van der Waals surface area contributed by atoms with Gasteiger partial charge in [0.25, 0.3) is 5.91 Å². The van der Waals surface area contributed by atoms with E-state index in [1.54, 1.807) is 25.2 Å². The van der Waals surface area contributed by atoms with Crippen LogP contribution in [0.4, 0.5) is 19.1 Å². The molecule has 37 heavy (non-hydrogen) atoms. The molecule has 14 heteroatoms. The number of alkyl halides is 3. The average Bonchev–Trinajstić information content (AvgIpc) is 3.60. The number of carbonyl (C=O) groups excluding carboxylic acids is 1. The quantitative estimate of drug-likeness (QED) is 0.398. The molecule has 5 rings (SSSR count). The summed E-state index contributed by atoms with van der Waals surface area (Å²) >= 11 is 0. The Morgan fingerprint density at radius 2 is 1.86 bits per heavy atom. The predicted molar refractivity (Wildman–Crippen MR) is 123 cm³/mol. The van der Waals surface area contributed by atoms with Gasteiger partial charge in [0, 0.05) is 51.1 Å². The zero-order chi connectivity index (χ0) is 26.4. The lowest BCUT2D eigenvalue weighted by atomic mass is 9.98. The number of hydrogen-bond donors (Lipinski definition) is 2. The standard InChI is InChI=1S/C23H21F3N8O3/c1-33-9-7-22(36,20(33)35)18-10-17(32-37-18)15-5-3-4-14(29-15)16-6-8-27-21(30-16)31-19(23(24,25)26)13-11-28-34(2)12-13/h3-6,8,10-12,19,36H,7,9H2,1-2H3,(H,27,30,31). The number of carbonyl (C=O) groups is 1. The number of likely N-dealkylation sites (tertiary alicyclic amines) is 1. The van der Waals surface area contributed by atoms with E-state index in [1.165, 1.54) is 41.2 Å². The summed E-state index contributed by atoms with van der Waals surface area (Å²) in [6.45, 7) is 0.374. The summed E-state index contributed by atoms with van der Waals surface area (Å²) in [5.74, 6) is -0.724. The SMILES string of the molecule is CN1CCC(O)(c2cc(-c3cccc(-c4ccnc(NC(c5cnn(C)c5)C(F)(F)F)n4)n3)no2)C1=O. The maximum Gasteiger partial charge on any atom is 0.412 e. The molecule has 0 bridgehead atoms.